The van der Waals surface area contributed by atoms with Crippen molar-refractivity contribution < 1.29 is 9.53 Å². The number of rotatable bonds is 3. The Morgan fingerprint density at radius 2 is 2.21 bits per heavy atom. The van der Waals surface area contributed by atoms with Crippen LogP contribution in [0.15, 0.2) is 34.4 Å². The number of aryl methyl sites for hydroxylation is 1. The van der Waals surface area contributed by atoms with Crippen LogP contribution in [0.5, 0.6) is 0 Å². The molecule has 19 heavy (non-hydrogen) atoms. The fourth-order valence-electron chi connectivity index (χ4n) is 1.37. The number of carbonyl (C=O) groups is 1. The van der Waals surface area contributed by atoms with Crippen LogP contribution in [0.1, 0.15) is 16.3 Å². The van der Waals surface area contributed by atoms with E-state index in [9.17, 15) is 4.79 Å². The molecule has 2 heterocycles. The highest BCUT2D eigenvalue weighted by Gasteiger charge is 2.12. The van der Waals surface area contributed by atoms with Gasteiger partial charge < -0.3 is 10.5 Å². The first-order valence-electron chi connectivity index (χ1n) is 5.41. The van der Waals surface area contributed by atoms with Gasteiger partial charge in [-0.3, -0.25) is 4.98 Å². The summed E-state index contributed by atoms with van der Waals surface area (Å²) in [6.45, 7) is 1.79. The summed E-state index contributed by atoms with van der Waals surface area (Å²) >= 11 is 1.35. The SMILES string of the molecule is COC(=O)c1nc(C)cc(Sc2ccncc2N)n1. The van der Waals surface area contributed by atoms with Crippen molar-refractivity contribution in [2.24, 2.45) is 0 Å². The molecule has 2 aromatic heterocycles. The minimum Gasteiger partial charge on any atom is -0.463 e. The summed E-state index contributed by atoms with van der Waals surface area (Å²) in [5.74, 6) is -0.522. The number of nitrogen functional groups attached to an aromatic ring is 1. The molecule has 0 aliphatic rings. The number of hydrogen-bond acceptors (Lipinski definition) is 7. The lowest BCUT2D eigenvalue weighted by molar-refractivity contribution is 0.0585. The van der Waals surface area contributed by atoms with Crippen LogP contribution in [0, 0.1) is 6.92 Å². The molecule has 0 aliphatic carbocycles. The normalized spacial score (nSPS) is 10.2. The molecule has 0 fully saturated rings. The summed E-state index contributed by atoms with van der Waals surface area (Å²) < 4.78 is 4.61. The van der Waals surface area contributed by atoms with Crippen LogP contribution in [-0.4, -0.2) is 28.0 Å². The molecule has 7 heteroatoms. The summed E-state index contributed by atoms with van der Waals surface area (Å²) in [6, 6.07) is 3.56. The van der Waals surface area contributed by atoms with Gasteiger partial charge in [-0.15, -0.1) is 0 Å². The van der Waals surface area contributed by atoms with Gasteiger partial charge in [0.05, 0.1) is 19.0 Å². The molecule has 0 aromatic carbocycles. The fraction of sp³-hybridized carbons (Fsp3) is 0.167. The fourth-order valence-corrected chi connectivity index (χ4v) is 2.26. The third-order valence-electron chi connectivity index (χ3n) is 2.22. The third kappa shape index (κ3) is 3.19. The molecule has 0 spiro atoms. The summed E-state index contributed by atoms with van der Waals surface area (Å²) in [6.07, 6.45) is 3.21. The molecule has 0 amide bonds. The first-order valence-corrected chi connectivity index (χ1v) is 6.23. The molecular formula is C12H12N4O2S. The molecule has 0 bridgehead atoms. The zero-order valence-corrected chi connectivity index (χ0v) is 11.3. The number of nitrogens with zero attached hydrogens (tertiary/aromatic N) is 3. The van der Waals surface area contributed by atoms with Crippen molar-refractivity contribution in [2.45, 2.75) is 16.8 Å². The standard InChI is InChI=1S/C12H12N4O2S/c1-7-5-10(16-11(15-7)12(17)18-2)19-9-3-4-14-6-8(9)13/h3-6H,13H2,1-2H3. The van der Waals surface area contributed by atoms with E-state index in [-0.39, 0.29) is 5.82 Å². The number of aromatic nitrogens is 3. The predicted molar refractivity (Wildman–Crippen MR) is 70.9 cm³/mol. The van der Waals surface area contributed by atoms with Crippen LogP contribution in [0.25, 0.3) is 0 Å². The molecule has 0 aliphatic heterocycles. The average molecular weight is 276 g/mol. The van der Waals surface area contributed by atoms with E-state index in [2.05, 4.69) is 19.7 Å². The number of anilines is 1. The summed E-state index contributed by atoms with van der Waals surface area (Å²) in [4.78, 5) is 24.4. The van der Waals surface area contributed by atoms with Gasteiger partial charge in [0.1, 0.15) is 5.03 Å². The summed E-state index contributed by atoms with van der Waals surface area (Å²) in [5, 5.41) is 0.630. The third-order valence-corrected chi connectivity index (χ3v) is 3.23. The molecule has 0 atom stereocenters. The van der Waals surface area contributed by atoms with Crippen LogP contribution in [0.3, 0.4) is 0 Å². The predicted octanol–water partition coefficient (Wildman–Crippen LogP) is 1.70. The number of hydrogen-bond donors (Lipinski definition) is 1. The quantitative estimate of drug-likeness (QED) is 0.673. The Kier molecular flexibility index (Phi) is 3.96. The largest absolute Gasteiger partial charge is 0.463 e. The first-order chi connectivity index (χ1) is 9.10. The highest BCUT2D eigenvalue weighted by Crippen LogP contribution is 2.30. The maximum absolute atomic E-state index is 11.4. The van der Waals surface area contributed by atoms with E-state index in [1.807, 2.05) is 0 Å². The molecule has 0 unspecified atom stereocenters. The molecule has 2 aromatic rings. The lowest BCUT2D eigenvalue weighted by Gasteiger charge is -2.06. The second-order valence-electron chi connectivity index (χ2n) is 3.68. The molecule has 2 N–H and O–H groups in total. The molecule has 0 radical (unpaired) electrons. The van der Waals surface area contributed by atoms with Crippen LogP contribution in [-0.2, 0) is 4.74 Å². The van der Waals surface area contributed by atoms with Crippen LogP contribution >= 0.6 is 11.8 Å². The van der Waals surface area contributed by atoms with E-state index in [4.69, 9.17) is 5.73 Å². The van der Waals surface area contributed by atoms with Crippen molar-refractivity contribution in [1.82, 2.24) is 15.0 Å². The van der Waals surface area contributed by atoms with E-state index < -0.39 is 5.97 Å². The number of ether oxygens (including phenoxy) is 1. The smallest absolute Gasteiger partial charge is 0.376 e. The highest BCUT2D eigenvalue weighted by molar-refractivity contribution is 7.99. The van der Waals surface area contributed by atoms with Crippen molar-refractivity contribution >= 4 is 23.4 Å². The maximum atomic E-state index is 11.4. The van der Waals surface area contributed by atoms with Gasteiger partial charge in [-0.05, 0) is 19.1 Å². The molecule has 2 rings (SSSR count). The van der Waals surface area contributed by atoms with E-state index >= 15 is 0 Å². The Bertz CT molecular complexity index is 618. The number of carbonyl (C=O) groups excluding carboxylic acids is 1. The molecule has 0 saturated carbocycles. The number of esters is 1. The number of nitrogens with two attached hydrogens (primary N) is 1. The van der Waals surface area contributed by atoms with Crippen LogP contribution in [0.2, 0.25) is 0 Å². The van der Waals surface area contributed by atoms with Crippen molar-refractivity contribution in [3.63, 3.8) is 0 Å². The first kappa shape index (κ1) is 13.3. The van der Waals surface area contributed by atoms with E-state index in [0.717, 1.165) is 4.90 Å². The van der Waals surface area contributed by atoms with Gasteiger partial charge in [-0.25, -0.2) is 14.8 Å². The lowest BCUT2D eigenvalue weighted by Crippen LogP contribution is -2.08. The topological polar surface area (TPSA) is 91.0 Å². The van der Waals surface area contributed by atoms with Gasteiger partial charge in [-0.1, -0.05) is 11.8 Å². The second-order valence-corrected chi connectivity index (χ2v) is 4.74. The van der Waals surface area contributed by atoms with Gasteiger partial charge >= 0.3 is 5.97 Å². The maximum Gasteiger partial charge on any atom is 0.376 e. The second kappa shape index (κ2) is 5.66. The van der Waals surface area contributed by atoms with Gasteiger partial charge in [0, 0.05) is 16.8 Å². The van der Waals surface area contributed by atoms with Crippen molar-refractivity contribution in [2.75, 3.05) is 12.8 Å². The monoisotopic (exact) mass is 276 g/mol. The molecular weight excluding hydrogens is 264 g/mol. The minimum absolute atomic E-state index is 0.0395. The van der Waals surface area contributed by atoms with E-state index in [1.54, 1.807) is 31.5 Å². The van der Waals surface area contributed by atoms with Gasteiger partial charge in [-0.2, -0.15) is 0 Å². The highest BCUT2D eigenvalue weighted by atomic mass is 32.2. The average Bonchev–Trinajstić information content (AvgIpc) is 2.40. The zero-order valence-electron chi connectivity index (χ0n) is 10.5. The van der Waals surface area contributed by atoms with Gasteiger partial charge in [0.15, 0.2) is 0 Å². The van der Waals surface area contributed by atoms with Crippen LogP contribution < -0.4 is 5.73 Å². The zero-order chi connectivity index (χ0) is 13.8. The van der Waals surface area contributed by atoms with Crippen LogP contribution in [0.4, 0.5) is 5.69 Å². The minimum atomic E-state index is -0.562. The molecule has 0 saturated heterocycles. The number of methoxy groups -OCH3 is 1. The Balaban J connectivity index is 2.33. The Morgan fingerprint density at radius 1 is 1.42 bits per heavy atom. The summed E-state index contributed by atoms with van der Waals surface area (Å²) in [7, 11) is 1.29. The molecule has 6 nitrogen and oxygen atoms in total. The van der Waals surface area contributed by atoms with Gasteiger partial charge in [0.2, 0.25) is 5.82 Å². The Hall–Kier alpha value is -2.15. The lowest BCUT2D eigenvalue weighted by atomic mass is 10.4. The van der Waals surface area contributed by atoms with E-state index in [1.165, 1.54) is 18.9 Å². The summed E-state index contributed by atoms with van der Waals surface area (Å²) in [5.41, 5.74) is 7.06. The molecule has 98 valence electrons. The van der Waals surface area contributed by atoms with E-state index in [0.29, 0.717) is 16.4 Å². The van der Waals surface area contributed by atoms with Crippen molar-refractivity contribution in [3.05, 3.63) is 36.0 Å². The van der Waals surface area contributed by atoms with Gasteiger partial charge in [0.25, 0.3) is 0 Å². The number of pyridine rings is 1. The Morgan fingerprint density at radius 3 is 2.89 bits per heavy atom. The van der Waals surface area contributed by atoms with Crippen molar-refractivity contribution in [3.8, 4) is 0 Å². The van der Waals surface area contributed by atoms with Crippen molar-refractivity contribution in [1.29, 1.82) is 0 Å². The Labute approximate surface area is 114 Å².